The molecule has 86 valence electrons. The minimum atomic E-state index is 0.226. The molecule has 2 N–H and O–H groups in total. The van der Waals surface area contributed by atoms with Crippen LogP contribution in [0.25, 0.3) is 0 Å². The molecule has 0 radical (unpaired) electrons. The largest absolute Gasteiger partial charge is 0.329 e. The molecule has 2 heteroatoms. The molecule has 1 unspecified atom stereocenters. The predicted molar refractivity (Wildman–Crippen MR) is 64.5 cm³/mol. The Morgan fingerprint density at radius 3 is 2.14 bits per heavy atom. The molecule has 14 heavy (non-hydrogen) atoms. The Kier molecular flexibility index (Phi) is 6.38. The number of unbranched alkanes of at least 4 members (excludes halogenated alkanes) is 1. The summed E-state index contributed by atoms with van der Waals surface area (Å²) in [6.45, 7) is 9.75. The Morgan fingerprint density at radius 2 is 1.86 bits per heavy atom. The van der Waals surface area contributed by atoms with Crippen LogP contribution in [0.5, 0.6) is 0 Å². The van der Waals surface area contributed by atoms with Crippen molar-refractivity contribution in [1.29, 1.82) is 0 Å². The summed E-state index contributed by atoms with van der Waals surface area (Å²) in [7, 11) is 2.21. The smallest absolute Gasteiger partial charge is 0.0328 e. The van der Waals surface area contributed by atoms with Gasteiger partial charge in [0.1, 0.15) is 0 Å². The molecule has 0 spiro atoms. The summed E-state index contributed by atoms with van der Waals surface area (Å²) in [5.41, 5.74) is 6.18. The Labute approximate surface area is 89.9 Å². The fourth-order valence-corrected chi connectivity index (χ4v) is 2.05. The van der Waals surface area contributed by atoms with Crippen molar-refractivity contribution < 1.29 is 0 Å². The van der Waals surface area contributed by atoms with Gasteiger partial charge in [0.15, 0.2) is 0 Å². The number of hydrogen-bond acceptors (Lipinski definition) is 2. The zero-order valence-corrected chi connectivity index (χ0v) is 10.6. The molecule has 1 atom stereocenters. The lowest BCUT2D eigenvalue weighted by molar-refractivity contribution is 0.0770. The highest BCUT2D eigenvalue weighted by atomic mass is 15.2. The van der Waals surface area contributed by atoms with Gasteiger partial charge in [0, 0.05) is 18.1 Å². The predicted octanol–water partition coefficient (Wildman–Crippen LogP) is 2.62. The van der Waals surface area contributed by atoms with Gasteiger partial charge in [-0.3, -0.25) is 4.90 Å². The van der Waals surface area contributed by atoms with Crippen molar-refractivity contribution in [3.05, 3.63) is 0 Å². The number of nitrogens with zero attached hydrogens (tertiary/aromatic N) is 1. The van der Waals surface area contributed by atoms with Gasteiger partial charge in [-0.25, -0.2) is 0 Å². The maximum atomic E-state index is 5.96. The van der Waals surface area contributed by atoms with Crippen molar-refractivity contribution in [2.75, 3.05) is 13.6 Å². The quantitative estimate of drug-likeness (QED) is 0.684. The van der Waals surface area contributed by atoms with Crippen molar-refractivity contribution in [3.63, 3.8) is 0 Å². The van der Waals surface area contributed by atoms with Crippen LogP contribution in [0.2, 0.25) is 0 Å². The van der Waals surface area contributed by atoms with E-state index in [1.54, 1.807) is 0 Å². The molecule has 2 nitrogen and oxygen atoms in total. The van der Waals surface area contributed by atoms with Gasteiger partial charge in [-0.1, -0.05) is 26.7 Å². The van der Waals surface area contributed by atoms with Crippen LogP contribution in [0.1, 0.15) is 53.4 Å². The summed E-state index contributed by atoms with van der Waals surface area (Å²) < 4.78 is 0. The van der Waals surface area contributed by atoms with Gasteiger partial charge in [0.2, 0.25) is 0 Å². The lowest BCUT2D eigenvalue weighted by atomic mass is 9.87. The lowest BCUT2D eigenvalue weighted by Crippen LogP contribution is -2.54. The normalized spacial score (nSPS) is 16.3. The van der Waals surface area contributed by atoms with Gasteiger partial charge in [-0.05, 0) is 33.7 Å². The molecule has 0 rings (SSSR count). The monoisotopic (exact) mass is 200 g/mol. The molecule has 0 aliphatic heterocycles. The molecule has 0 fully saturated rings. The van der Waals surface area contributed by atoms with Crippen molar-refractivity contribution in [2.24, 2.45) is 5.73 Å². The zero-order valence-electron chi connectivity index (χ0n) is 10.6. The van der Waals surface area contributed by atoms with Crippen LogP contribution < -0.4 is 5.73 Å². The van der Waals surface area contributed by atoms with Crippen LogP contribution in [0.3, 0.4) is 0 Å². The average molecular weight is 200 g/mol. The number of nitrogens with two attached hydrogens (primary N) is 1. The highest BCUT2D eigenvalue weighted by molar-refractivity contribution is 4.90. The van der Waals surface area contributed by atoms with Crippen LogP contribution in [0.4, 0.5) is 0 Å². The maximum absolute atomic E-state index is 5.96. The highest BCUT2D eigenvalue weighted by Crippen LogP contribution is 2.25. The second-order valence-electron chi connectivity index (χ2n) is 4.59. The Balaban J connectivity index is 4.50. The van der Waals surface area contributed by atoms with Crippen molar-refractivity contribution in [2.45, 2.75) is 65.0 Å². The zero-order chi connectivity index (χ0) is 11.2. The Hall–Kier alpha value is -0.0800. The van der Waals surface area contributed by atoms with Crippen LogP contribution in [0, 0.1) is 0 Å². The van der Waals surface area contributed by atoms with Crippen molar-refractivity contribution in [1.82, 2.24) is 4.90 Å². The number of hydrogen-bond donors (Lipinski definition) is 1. The number of rotatable bonds is 7. The van der Waals surface area contributed by atoms with Crippen LogP contribution in [-0.2, 0) is 0 Å². The molecule has 0 aromatic heterocycles. The summed E-state index contributed by atoms with van der Waals surface area (Å²) in [6.07, 6.45) is 4.92. The SMILES string of the molecule is CCCCC(CC)(CN)N(C)C(C)C. The highest BCUT2D eigenvalue weighted by Gasteiger charge is 2.31. The van der Waals surface area contributed by atoms with Crippen LogP contribution in [0.15, 0.2) is 0 Å². The Morgan fingerprint density at radius 1 is 1.29 bits per heavy atom. The third-order valence-corrected chi connectivity index (χ3v) is 3.56. The van der Waals surface area contributed by atoms with Gasteiger partial charge < -0.3 is 5.73 Å². The van der Waals surface area contributed by atoms with Crippen molar-refractivity contribution in [3.8, 4) is 0 Å². The molecular formula is C12H28N2. The molecule has 0 saturated carbocycles. The average Bonchev–Trinajstić information content (AvgIpc) is 2.19. The molecule has 0 aliphatic carbocycles. The summed E-state index contributed by atoms with van der Waals surface area (Å²) >= 11 is 0. The van der Waals surface area contributed by atoms with Gasteiger partial charge in [0.25, 0.3) is 0 Å². The van der Waals surface area contributed by atoms with Crippen LogP contribution >= 0.6 is 0 Å². The molecule has 0 aliphatic rings. The first kappa shape index (κ1) is 13.9. The van der Waals surface area contributed by atoms with E-state index in [9.17, 15) is 0 Å². The molecule has 0 heterocycles. The molecule has 0 amide bonds. The van der Waals surface area contributed by atoms with E-state index in [0.29, 0.717) is 6.04 Å². The molecule has 0 aromatic rings. The van der Waals surface area contributed by atoms with E-state index in [2.05, 4.69) is 39.6 Å². The second-order valence-corrected chi connectivity index (χ2v) is 4.59. The lowest BCUT2D eigenvalue weighted by Gasteiger charge is -2.43. The third kappa shape index (κ3) is 3.25. The van der Waals surface area contributed by atoms with Crippen molar-refractivity contribution >= 4 is 0 Å². The Bertz CT molecular complexity index is 139. The number of likely N-dealkylation sites (N-methyl/N-ethyl adjacent to an activating group) is 1. The fourth-order valence-electron chi connectivity index (χ4n) is 2.05. The van der Waals surface area contributed by atoms with Gasteiger partial charge in [-0.2, -0.15) is 0 Å². The summed E-state index contributed by atoms with van der Waals surface area (Å²) in [4.78, 5) is 2.45. The second kappa shape index (κ2) is 6.41. The summed E-state index contributed by atoms with van der Waals surface area (Å²) in [5.74, 6) is 0. The van der Waals surface area contributed by atoms with E-state index < -0.39 is 0 Å². The maximum Gasteiger partial charge on any atom is 0.0328 e. The first-order valence-corrected chi connectivity index (χ1v) is 5.97. The first-order chi connectivity index (χ1) is 6.54. The van der Waals surface area contributed by atoms with E-state index in [4.69, 9.17) is 5.73 Å². The van der Waals surface area contributed by atoms with E-state index in [-0.39, 0.29) is 5.54 Å². The summed E-state index contributed by atoms with van der Waals surface area (Å²) in [6, 6.07) is 0.579. The molecular weight excluding hydrogens is 172 g/mol. The van der Waals surface area contributed by atoms with E-state index in [1.807, 2.05) is 0 Å². The minimum Gasteiger partial charge on any atom is -0.329 e. The topological polar surface area (TPSA) is 29.3 Å². The molecule has 0 saturated heterocycles. The van der Waals surface area contributed by atoms with E-state index in [0.717, 1.165) is 13.0 Å². The minimum absolute atomic E-state index is 0.226. The van der Waals surface area contributed by atoms with Gasteiger partial charge >= 0.3 is 0 Å². The summed E-state index contributed by atoms with van der Waals surface area (Å²) in [5, 5.41) is 0. The third-order valence-electron chi connectivity index (χ3n) is 3.56. The molecule has 0 aromatic carbocycles. The van der Waals surface area contributed by atoms with E-state index in [1.165, 1.54) is 19.3 Å². The van der Waals surface area contributed by atoms with E-state index >= 15 is 0 Å². The van der Waals surface area contributed by atoms with Gasteiger partial charge in [-0.15, -0.1) is 0 Å². The standard InChI is InChI=1S/C12H28N2/c1-6-8-9-12(7-2,10-13)14(5)11(3)4/h11H,6-10,13H2,1-5H3. The first-order valence-electron chi connectivity index (χ1n) is 5.97. The fraction of sp³-hybridized carbons (Fsp3) is 1.00. The van der Waals surface area contributed by atoms with Gasteiger partial charge in [0.05, 0.1) is 0 Å². The molecule has 0 bridgehead atoms. The van der Waals surface area contributed by atoms with Crippen LogP contribution in [-0.4, -0.2) is 30.1 Å².